The molecule has 3 N–H and O–H groups in total. The van der Waals surface area contributed by atoms with Crippen molar-refractivity contribution in [2.45, 2.75) is 31.8 Å². The molecule has 0 bridgehead atoms. The normalized spacial score (nSPS) is 11.9. The van der Waals surface area contributed by atoms with Gasteiger partial charge in [-0.15, -0.1) is 11.3 Å². The largest absolute Gasteiger partial charge is 0.363 e. The van der Waals surface area contributed by atoms with Gasteiger partial charge in [0.2, 0.25) is 10.0 Å². The van der Waals surface area contributed by atoms with Crippen LogP contribution in [0.3, 0.4) is 0 Å². The first-order chi connectivity index (χ1) is 9.51. The molecule has 0 aliphatic carbocycles. The fraction of sp³-hybridized carbons (Fsp3) is 0.417. The van der Waals surface area contributed by atoms with Gasteiger partial charge in [0.15, 0.2) is 0 Å². The van der Waals surface area contributed by atoms with Crippen LogP contribution in [-0.4, -0.2) is 24.9 Å². The maximum Gasteiger partial charge on any atom is 0.242 e. The first-order valence-corrected chi connectivity index (χ1v) is 8.60. The van der Waals surface area contributed by atoms with E-state index in [0.29, 0.717) is 6.54 Å². The summed E-state index contributed by atoms with van der Waals surface area (Å²) >= 11 is 1.48. The van der Waals surface area contributed by atoms with Crippen LogP contribution in [0.4, 0.5) is 0 Å². The molecule has 0 unspecified atom stereocenters. The molecular weight excluding hydrogens is 296 g/mol. The summed E-state index contributed by atoms with van der Waals surface area (Å²) in [5.41, 5.74) is 0.845. The van der Waals surface area contributed by atoms with E-state index >= 15 is 0 Å². The van der Waals surface area contributed by atoms with Crippen LogP contribution < -0.4 is 10.0 Å². The average molecular weight is 314 g/mol. The summed E-state index contributed by atoms with van der Waals surface area (Å²) in [7, 11) is -3.50. The van der Waals surface area contributed by atoms with Crippen LogP contribution in [0.15, 0.2) is 23.4 Å². The summed E-state index contributed by atoms with van der Waals surface area (Å²) in [5.74, 6) is 0. The standard InChI is InChI=1S/C12H18N4O2S2/c1-3-13-6-10-4-11(7-14-10)20(17,18)16-8-12-15-5-9(2)19-12/h4-5,7,13-14,16H,3,6,8H2,1-2H3. The third kappa shape index (κ3) is 3.89. The highest BCUT2D eigenvalue weighted by Crippen LogP contribution is 2.14. The molecule has 8 heteroatoms. The molecule has 0 spiro atoms. The van der Waals surface area contributed by atoms with Gasteiger partial charge in [-0.25, -0.2) is 18.1 Å². The van der Waals surface area contributed by atoms with Gasteiger partial charge in [0.05, 0.1) is 11.4 Å². The lowest BCUT2D eigenvalue weighted by Crippen LogP contribution is -2.22. The summed E-state index contributed by atoms with van der Waals surface area (Å²) in [5, 5.41) is 3.89. The van der Waals surface area contributed by atoms with Crippen molar-refractivity contribution in [3.05, 3.63) is 34.0 Å². The smallest absolute Gasteiger partial charge is 0.242 e. The Morgan fingerprint density at radius 2 is 2.20 bits per heavy atom. The molecule has 0 radical (unpaired) electrons. The number of hydrogen-bond donors (Lipinski definition) is 3. The monoisotopic (exact) mass is 314 g/mol. The third-order valence-electron chi connectivity index (χ3n) is 2.67. The highest BCUT2D eigenvalue weighted by atomic mass is 32.2. The minimum atomic E-state index is -3.50. The number of H-pyrrole nitrogens is 1. The molecule has 2 aromatic heterocycles. The molecule has 2 aromatic rings. The number of aromatic amines is 1. The molecule has 0 amide bonds. The second kappa shape index (κ2) is 6.49. The van der Waals surface area contributed by atoms with Gasteiger partial charge in [-0.3, -0.25) is 0 Å². The van der Waals surface area contributed by atoms with E-state index in [1.54, 1.807) is 12.3 Å². The lowest BCUT2D eigenvalue weighted by Gasteiger charge is -2.02. The third-order valence-corrected chi connectivity index (χ3v) is 4.97. The highest BCUT2D eigenvalue weighted by Gasteiger charge is 2.16. The zero-order chi connectivity index (χ0) is 14.6. The zero-order valence-electron chi connectivity index (χ0n) is 11.4. The van der Waals surface area contributed by atoms with Gasteiger partial charge in [0.1, 0.15) is 5.01 Å². The molecule has 0 atom stereocenters. The van der Waals surface area contributed by atoms with E-state index in [-0.39, 0.29) is 11.4 Å². The molecular formula is C12H18N4O2S2. The Morgan fingerprint density at radius 3 is 2.85 bits per heavy atom. The summed E-state index contributed by atoms with van der Waals surface area (Å²) in [4.78, 5) is 8.40. The number of hydrogen-bond acceptors (Lipinski definition) is 5. The maximum absolute atomic E-state index is 12.1. The Labute approximate surface area is 122 Å². The van der Waals surface area contributed by atoms with Crippen molar-refractivity contribution in [3.8, 4) is 0 Å². The zero-order valence-corrected chi connectivity index (χ0v) is 13.1. The molecule has 20 heavy (non-hydrogen) atoms. The lowest BCUT2D eigenvalue weighted by molar-refractivity contribution is 0.581. The van der Waals surface area contributed by atoms with Gasteiger partial charge in [-0.1, -0.05) is 6.92 Å². The summed E-state index contributed by atoms with van der Waals surface area (Å²) < 4.78 is 26.8. The first kappa shape index (κ1) is 15.2. The van der Waals surface area contributed by atoms with Crippen LogP contribution in [0, 0.1) is 6.92 Å². The van der Waals surface area contributed by atoms with E-state index < -0.39 is 10.0 Å². The van der Waals surface area contributed by atoms with E-state index in [2.05, 4.69) is 20.0 Å². The second-order valence-electron chi connectivity index (χ2n) is 4.33. The van der Waals surface area contributed by atoms with Crippen LogP contribution in [0.2, 0.25) is 0 Å². The maximum atomic E-state index is 12.1. The molecule has 0 fully saturated rings. The Balaban J connectivity index is 2.00. The van der Waals surface area contributed by atoms with Crippen LogP contribution in [0.1, 0.15) is 22.5 Å². The van der Waals surface area contributed by atoms with Gasteiger partial charge in [0, 0.05) is 29.5 Å². The fourth-order valence-electron chi connectivity index (χ4n) is 1.66. The quantitative estimate of drug-likeness (QED) is 0.720. The molecule has 0 aliphatic rings. The minimum absolute atomic E-state index is 0.217. The van der Waals surface area contributed by atoms with Gasteiger partial charge < -0.3 is 10.3 Å². The highest BCUT2D eigenvalue weighted by molar-refractivity contribution is 7.89. The van der Waals surface area contributed by atoms with Gasteiger partial charge in [0.25, 0.3) is 0 Å². The molecule has 0 saturated carbocycles. The van der Waals surface area contributed by atoms with E-state index in [0.717, 1.165) is 22.1 Å². The van der Waals surface area contributed by atoms with Crippen molar-refractivity contribution >= 4 is 21.4 Å². The number of nitrogens with one attached hydrogen (secondary N) is 3. The number of nitrogens with zero attached hydrogens (tertiary/aromatic N) is 1. The number of thiazole rings is 1. The summed E-state index contributed by atoms with van der Waals surface area (Å²) in [6.07, 6.45) is 3.24. The SMILES string of the molecule is CCNCc1cc(S(=O)(=O)NCc2ncc(C)s2)c[nH]1. The predicted molar refractivity (Wildman–Crippen MR) is 79.0 cm³/mol. The summed E-state index contributed by atoms with van der Waals surface area (Å²) in [6.45, 7) is 5.61. The van der Waals surface area contributed by atoms with Crippen LogP contribution >= 0.6 is 11.3 Å². The lowest BCUT2D eigenvalue weighted by atomic mass is 10.4. The molecule has 2 heterocycles. The molecule has 6 nitrogen and oxygen atoms in total. The molecule has 2 rings (SSSR count). The van der Waals surface area contributed by atoms with Crippen LogP contribution in [0.5, 0.6) is 0 Å². The Kier molecular flexibility index (Phi) is 4.92. The van der Waals surface area contributed by atoms with Crippen molar-refractivity contribution in [1.29, 1.82) is 0 Å². The van der Waals surface area contributed by atoms with Crippen LogP contribution in [-0.2, 0) is 23.1 Å². The number of sulfonamides is 1. The molecule has 110 valence electrons. The Morgan fingerprint density at radius 1 is 1.40 bits per heavy atom. The summed E-state index contributed by atoms with van der Waals surface area (Å²) in [6, 6.07) is 1.64. The van der Waals surface area contributed by atoms with Crippen molar-refractivity contribution in [1.82, 2.24) is 20.0 Å². The van der Waals surface area contributed by atoms with Crippen molar-refractivity contribution < 1.29 is 8.42 Å². The second-order valence-corrected chi connectivity index (χ2v) is 7.42. The van der Waals surface area contributed by atoms with Crippen molar-refractivity contribution in [2.75, 3.05) is 6.54 Å². The van der Waals surface area contributed by atoms with E-state index in [9.17, 15) is 8.42 Å². The van der Waals surface area contributed by atoms with Gasteiger partial charge in [-0.05, 0) is 19.5 Å². The Bertz CT molecular complexity index is 661. The number of aromatic nitrogens is 2. The van der Waals surface area contributed by atoms with Crippen molar-refractivity contribution in [2.24, 2.45) is 0 Å². The molecule has 0 aromatic carbocycles. The average Bonchev–Trinajstić information content (AvgIpc) is 3.03. The predicted octanol–water partition coefficient (Wildman–Crippen LogP) is 1.37. The number of rotatable bonds is 7. The van der Waals surface area contributed by atoms with Gasteiger partial charge in [-0.2, -0.15) is 0 Å². The topological polar surface area (TPSA) is 86.9 Å². The van der Waals surface area contributed by atoms with Crippen molar-refractivity contribution in [3.63, 3.8) is 0 Å². The van der Waals surface area contributed by atoms with E-state index in [4.69, 9.17) is 0 Å². The molecule has 0 saturated heterocycles. The number of aryl methyl sites for hydroxylation is 1. The molecule has 0 aliphatic heterocycles. The van der Waals surface area contributed by atoms with E-state index in [1.165, 1.54) is 17.5 Å². The Hall–Kier alpha value is -1.22. The van der Waals surface area contributed by atoms with Crippen LogP contribution in [0.25, 0.3) is 0 Å². The fourth-order valence-corrected chi connectivity index (χ4v) is 3.48. The van der Waals surface area contributed by atoms with Gasteiger partial charge >= 0.3 is 0 Å². The first-order valence-electron chi connectivity index (χ1n) is 6.30. The minimum Gasteiger partial charge on any atom is -0.363 e. The van der Waals surface area contributed by atoms with E-state index in [1.807, 2.05) is 13.8 Å².